The van der Waals surface area contributed by atoms with Crippen LogP contribution in [0.4, 0.5) is 4.79 Å². The SMILES string of the molecule is CN(Cc1cnn(-c2ccccc2)c1)C(=O)CN1C(=O)N[C@@](C)(c2cccc3ccccc23)C1=O. The number of rotatable bonds is 6. The number of hydrogen-bond donors (Lipinski definition) is 1. The van der Waals surface area contributed by atoms with Crippen LogP contribution in [0.5, 0.6) is 0 Å². The van der Waals surface area contributed by atoms with Gasteiger partial charge in [0.2, 0.25) is 5.91 Å². The van der Waals surface area contributed by atoms with E-state index in [1.807, 2.05) is 79.0 Å². The van der Waals surface area contributed by atoms with Gasteiger partial charge in [0, 0.05) is 25.4 Å². The second-order valence-corrected chi connectivity index (χ2v) is 8.85. The van der Waals surface area contributed by atoms with Crippen molar-refractivity contribution in [3.8, 4) is 5.69 Å². The number of nitrogens with zero attached hydrogens (tertiary/aromatic N) is 4. The van der Waals surface area contributed by atoms with Crippen molar-refractivity contribution in [3.63, 3.8) is 0 Å². The molecule has 0 radical (unpaired) electrons. The molecule has 8 heteroatoms. The first-order valence-electron chi connectivity index (χ1n) is 11.3. The molecule has 3 aromatic carbocycles. The van der Waals surface area contributed by atoms with Gasteiger partial charge < -0.3 is 10.2 Å². The third-order valence-corrected chi connectivity index (χ3v) is 6.40. The summed E-state index contributed by atoms with van der Waals surface area (Å²) in [7, 11) is 1.64. The van der Waals surface area contributed by atoms with Crippen molar-refractivity contribution in [1.82, 2.24) is 24.9 Å². The van der Waals surface area contributed by atoms with Gasteiger partial charge in [-0.2, -0.15) is 5.10 Å². The van der Waals surface area contributed by atoms with Crippen LogP contribution < -0.4 is 5.32 Å². The van der Waals surface area contributed by atoms with Gasteiger partial charge >= 0.3 is 6.03 Å². The minimum atomic E-state index is -1.26. The Morgan fingerprint density at radius 2 is 1.71 bits per heavy atom. The summed E-state index contributed by atoms with van der Waals surface area (Å²) >= 11 is 0. The lowest BCUT2D eigenvalue weighted by Crippen LogP contribution is -2.43. The molecule has 1 aromatic heterocycles. The molecule has 0 saturated carbocycles. The Hall–Kier alpha value is -4.46. The number of hydrogen-bond acceptors (Lipinski definition) is 4. The van der Waals surface area contributed by atoms with Crippen molar-refractivity contribution in [2.24, 2.45) is 0 Å². The molecule has 1 aliphatic heterocycles. The predicted molar refractivity (Wildman–Crippen MR) is 132 cm³/mol. The fourth-order valence-electron chi connectivity index (χ4n) is 4.47. The maximum absolute atomic E-state index is 13.4. The number of urea groups is 1. The molecule has 4 aromatic rings. The van der Waals surface area contributed by atoms with Crippen molar-refractivity contribution >= 4 is 28.6 Å². The van der Waals surface area contributed by atoms with Crippen LogP contribution in [0.25, 0.3) is 16.5 Å². The average molecular weight is 468 g/mol. The van der Waals surface area contributed by atoms with Crippen molar-refractivity contribution in [2.75, 3.05) is 13.6 Å². The van der Waals surface area contributed by atoms with Crippen LogP contribution in [0.3, 0.4) is 0 Å². The number of amides is 4. The zero-order valence-corrected chi connectivity index (χ0v) is 19.5. The lowest BCUT2D eigenvalue weighted by atomic mass is 9.88. The van der Waals surface area contributed by atoms with Gasteiger partial charge in [0.1, 0.15) is 12.1 Å². The van der Waals surface area contributed by atoms with E-state index in [4.69, 9.17) is 0 Å². The molecular weight excluding hydrogens is 442 g/mol. The first kappa shape index (κ1) is 22.3. The number of likely N-dealkylation sites (N-methyl/N-ethyl adjacent to an activating group) is 1. The number of imide groups is 1. The highest BCUT2D eigenvalue weighted by Gasteiger charge is 2.50. The van der Waals surface area contributed by atoms with Gasteiger partial charge in [-0.3, -0.25) is 14.5 Å². The Kier molecular flexibility index (Phi) is 5.56. The summed E-state index contributed by atoms with van der Waals surface area (Å²) in [4.78, 5) is 41.6. The average Bonchev–Trinajstić information content (AvgIpc) is 3.42. The fourth-order valence-corrected chi connectivity index (χ4v) is 4.47. The van der Waals surface area contributed by atoms with Gasteiger partial charge in [0.15, 0.2) is 0 Å². The summed E-state index contributed by atoms with van der Waals surface area (Å²) in [5, 5.41) is 9.01. The van der Waals surface area contributed by atoms with Crippen LogP contribution in [0, 0.1) is 0 Å². The first-order chi connectivity index (χ1) is 16.9. The van der Waals surface area contributed by atoms with E-state index in [9.17, 15) is 14.4 Å². The molecule has 1 aliphatic rings. The van der Waals surface area contributed by atoms with Crippen LogP contribution in [0.1, 0.15) is 18.1 Å². The molecule has 2 heterocycles. The topological polar surface area (TPSA) is 87.5 Å². The molecule has 176 valence electrons. The lowest BCUT2D eigenvalue weighted by molar-refractivity contribution is -0.138. The summed E-state index contributed by atoms with van der Waals surface area (Å²) in [5.74, 6) is -0.791. The Balaban J connectivity index is 1.30. The fraction of sp³-hybridized carbons (Fsp3) is 0.185. The number of benzene rings is 3. The van der Waals surface area contributed by atoms with Crippen molar-refractivity contribution in [2.45, 2.75) is 19.0 Å². The monoisotopic (exact) mass is 467 g/mol. The Morgan fingerprint density at radius 1 is 1.00 bits per heavy atom. The van der Waals surface area contributed by atoms with Gasteiger partial charge in [-0.1, -0.05) is 60.7 Å². The van der Waals surface area contributed by atoms with E-state index in [2.05, 4.69) is 10.4 Å². The highest BCUT2D eigenvalue weighted by molar-refractivity contribution is 6.10. The third-order valence-electron chi connectivity index (χ3n) is 6.40. The molecular formula is C27H25N5O3. The van der Waals surface area contributed by atoms with E-state index in [0.29, 0.717) is 12.1 Å². The van der Waals surface area contributed by atoms with Crippen molar-refractivity contribution in [3.05, 3.63) is 96.3 Å². The van der Waals surface area contributed by atoms with Gasteiger partial charge in [-0.15, -0.1) is 0 Å². The minimum Gasteiger partial charge on any atom is -0.340 e. The maximum Gasteiger partial charge on any atom is 0.325 e. The summed E-state index contributed by atoms with van der Waals surface area (Å²) in [6.07, 6.45) is 3.55. The van der Waals surface area contributed by atoms with Crippen LogP contribution in [-0.4, -0.2) is 51.0 Å². The molecule has 8 nitrogen and oxygen atoms in total. The van der Waals surface area contributed by atoms with Crippen LogP contribution >= 0.6 is 0 Å². The Bertz CT molecular complexity index is 1430. The molecule has 1 N–H and O–H groups in total. The van der Waals surface area contributed by atoms with Gasteiger partial charge in [0.25, 0.3) is 5.91 Å². The predicted octanol–water partition coefficient (Wildman–Crippen LogP) is 3.45. The smallest absolute Gasteiger partial charge is 0.325 e. The molecule has 1 fully saturated rings. The molecule has 1 atom stereocenters. The zero-order valence-electron chi connectivity index (χ0n) is 19.5. The molecule has 0 bridgehead atoms. The second-order valence-electron chi connectivity index (χ2n) is 8.85. The van der Waals surface area contributed by atoms with E-state index >= 15 is 0 Å². The molecule has 5 rings (SSSR count). The molecule has 1 saturated heterocycles. The number of carbonyl (C=O) groups is 3. The van der Waals surface area contributed by atoms with Crippen molar-refractivity contribution < 1.29 is 14.4 Å². The number of nitrogens with one attached hydrogen (secondary N) is 1. The van der Waals surface area contributed by atoms with E-state index in [0.717, 1.165) is 26.9 Å². The van der Waals surface area contributed by atoms with Crippen LogP contribution in [-0.2, 0) is 21.7 Å². The Labute approximate surface area is 202 Å². The Morgan fingerprint density at radius 3 is 2.51 bits per heavy atom. The molecule has 0 spiro atoms. The first-order valence-corrected chi connectivity index (χ1v) is 11.3. The van der Waals surface area contributed by atoms with Crippen LogP contribution in [0.2, 0.25) is 0 Å². The number of carbonyl (C=O) groups excluding carboxylic acids is 3. The molecule has 35 heavy (non-hydrogen) atoms. The summed E-state index contributed by atoms with van der Waals surface area (Å²) in [6.45, 7) is 1.64. The van der Waals surface area contributed by atoms with E-state index in [1.165, 1.54) is 4.90 Å². The molecule has 0 unspecified atom stereocenters. The molecule has 0 aliphatic carbocycles. The molecule has 4 amide bonds. The van der Waals surface area contributed by atoms with E-state index < -0.39 is 17.5 Å². The van der Waals surface area contributed by atoms with E-state index in [1.54, 1.807) is 24.9 Å². The maximum atomic E-state index is 13.4. The summed E-state index contributed by atoms with van der Waals surface area (Å²) in [6, 6.07) is 22.4. The largest absolute Gasteiger partial charge is 0.340 e. The highest BCUT2D eigenvalue weighted by Crippen LogP contribution is 2.33. The second kappa shape index (κ2) is 8.72. The summed E-state index contributed by atoms with van der Waals surface area (Å²) < 4.78 is 1.74. The van der Waals surface area contributed by atoms with Crippen LogP contribution in [0.15, 0.2) is 85.2 Å². The third kappa shape index (κ3) is 4.03. The van der Waals surface area contributed by atoms with E-state index in [-0.39, 0.29) is 12.5 Å². The van der Waals surface area contributed by atoms with Gasteiger partial charge in [-0.05, 0) is 35.4 Å². The summed E-state index contributed by atoms with van der Waals surface area (Å²) in [5.41, 5.74) is 1.20. The number of fused-ring (bicyclic) bond motifs is 1. The lowest BCUT2D eigenvalue weighted by Gasteiger charge is -2.24. The van der Waals surface area contributed by atoms with Gasteiger partial charge in [-0.25, -0.2) is 9.48 Å². The zero-order chi connectivity index (χ0) is 24.6. The normalized spacial score (nSPS) is 17.6. The minimum absolute atomic E-state index is 0.301. The standard InChI is InChI=1S/C27H25N5O3/c1-27(23-14-8-10-20-9-6-7-13-22(20)23)25(34)31(26(35)29-27)18-24(33)30(2)16-19-15-28-32(17-19)21-11-4-3-5-12-21/h3-15,17H,16,18H2,1-2H3,(H,29,35)/t27-/m0/s1. The highest BCUT2D eigenvalue weighted by atomic mass is 16.2. The number of para-hydroxylation sites is 1. The quantitative estimate of drug-likeness (QED) is 0.440. The van der Waals surface area contributed by atoms with Gasteiger partial charge in [0.05, 0.1) is 11.9 Å². The number of aromatic nitrogens is 2. The van der Waals surface area contributed by atoms with Crippen molar-refractivity contribution in [1.29, 1.82) is 0 Å².